The van der Waals surface area contributed by atoms with Crippen LogP contribution in [-0.2, 0) is 6.42 Å². The van der Waals surface area contributed by atoms with Gasteiger partial charge >= 0.3 is 0 Å². The number of hydrogen-bond acceptors (Lipinski definition) is 2. The van der Waals surface area contributed by atoms with Gasteiger partial charge in [-0.15, -0.1) is 0 Å². The van der Waals surface area contributed by atoms with Crippen molar-refractivity contribution in [2.24, 2.45) is 0 Å². The van der Waals surface area contributed by atoms with Crippen molar-refractivity contribution in [3.63, 3.8) is 0 Å². The maximum atomic E-state index is 10.5. The zero-order valence-corrected chi connectivity index (χ0v) is 13.5. The number of rotatable bonds is 4. The van der Waals surface area contributed by atoms with Crippen molar-refractivity contribution >= 4 is 27.5 Å². The molecule has 0 bridgehead atoms. The Hall–Kier alpha value is -2.22. The van der Waals surface area contributed by atoms with Crippen molar-refractivity contribution in [2.45, 2.75) is 40.0 Å². The first-order valence-electron chi connectivity index (χ1n) is 7.86. The van der Waals surface area contributed by atoms with Crippen LogP contribution in [0.15, 0.2) is 35.3 Å². The van der Waals surface area contributed by atoms with E-state index in [-0.39, 0.29) is 0 Å². The van der Waals surface area contributed by atoms with E-state index in [9.17, 15) is 5.11 Å². The first-order chi connectivity index (χ1) is 10.5. The van der Waals surface area contributed by atoms with Crippen LogP contribution < -0.4 is 0 Å². The summed E-state index contributed by atoms with van der Waals surface area (Å²) in [5, 5.41) is 12.3. The molecule has 3 rings (SSSR count). The normalized spacial score (nSPS) is 11.4. The lowest BCUT2D eigenvalue weighted by molar-refractivity contribution is 0.480. The van der Waals surface area contributed by atoms with Gasteiger partial charge < -0.3 is 9.52 Å². The molecule has 22 heavy (non-hydrogen) atoms. The van der Waals surface area contributed by atoms with Crippen molar-refractivity contribution < 1.29 is 9.52 Å². The van der Waals surface area contributed by atoms with E-state index in [0.29, 0.717) is 5.75 Å². The third-order valence-electron chi connectivity index (χ3n) is 4.24. The molecule has 2 aromatic carbocycles. The van der Waals surface area contributed by atoms with Crippen LogP contribution in [0.2, 0.25) is 0 Å². The van der Waals surface area contributed by atoms with Crippen LogP contribution >= 0.6 is 0 Å². The average Bonchev–Trinajstić information content (AvgIpc) is 2.85. The van der Waals surface area contributed by atoms with Crippen molar-refractivity contribution in [2.75, 3.05) is 0 Å². The molecule has 0 fully saturated rings. The molecule has 1 heterocycles. The molecule has 0 aliphatic rings. The van der Waals surface area contributed by atoms with Gasteiger partial charge in [-0.1, -0.05) is 37.6 Å². The van der Waals surface area contributed by atoms with E-state index in [2.05, 4.69) is 25.6 Å². The molecule has 3 aromatic rings. The molecule has 0 aliphatic heterocycles. The van der Waals surface area contributed by atoms with E-state index in [0.717, 1.165) is 63.5 Å². The lowest BCUT2D eigenvalue weighted by atomic mass is 9.98. The number of fused-ring (bicyclic) bond motifs is 3. The Morgan fingerprint density at radius 1 is 1.23 bits per heavy atom. The highest BCUT2D eigenvalue weighted by Gasteiger charge is 2.17. The zero-order valence-electron chi connectivity index (χ0n) is 13.5. The van der Waals surface area contributed by atoms with E-state index >= 15 is 0 Å². The third-order valence-corrected chi connectivity index (χ3v) is 4.24. The number of hydrogen-bond donors (Lipinski definition) is 1. The van der Waals surface area contributed by atoms with Gasteiger partial charge in [-0.3, -0.25) is 0 Å². The van der Waals surface area contributed by atoms with Crippen LogP contribution in [0.25, 0.3) is 27.5 Å². The Bertz CT molecular complexity index is 868. The summed E-state index contributed by atoms with van der Waals surface area (Å²) in [6, 6.07) is 8.03. The van der Waals surface area contributed by atoms with Crippen LogP contribution in [0.4, 0.5) is 0 Å². The Morgan fingerprint density at radius 2 is 2.00 bits per heavy atom. The number of aromatic hydroxyl groups is 1. The molecule has 0 amide bonds. The zero-order chi connectivity index (χ0) is 15.9. The molecule has 114 valence electrons. The van der Waals surface area contributed by atoms with E-state index in [4.69, 9.17) is 4.42 Å². The number of furan rings is 1. The molecular formula is C20H22O2. The minimum Gasteiger partial charge on any atom is -0.507 e. The highest BCUT2D eigenvalue weighted by Crippen LogP contribution is 2.40. The fourth-order valence-corrected chi connectivity index (χ4v) is 3.05. The highest BCUT2D eigenvalue weighted by atomic mass is 16.3. The van der Waals surface area contributed by atoms with Crippen LogP contribution in [0, 0.1) is 6.92 Å². The minimum absolute atomic E-state index is 0.301. The van der Waals surface area contributed by atoms with Gasteiger partial charge in [-0.2, -0.15) is 0 Å². The molecule has 0 atom stereocenters. The van der Waals surface area contributed by atoms with E-state index in [1.807, 2.05) is 26.0 Å². The number of benzene rings is 2. The number of aryl methyl sites for hydroxylation is 2. The van der Waals surface area contributed by atoms with E-state index < -0.39 is 0 Å². The molecule has 0 saturated heterocycles. The van der Waals surface area contributed by atoms with E-state index in [1.54, 1.807) is 0 Å². The first kappa shape index (κ1) is 14.7. The summed E-state index contributed by atoms with van der Waals surface area (Å²) in [7, 11) is 0. The molecule has 0 spiro atoms. The maximum Gasteiger partial charge on any atom is 0.139 e. The second-order valence-electron chi connectivity index (χ2n) is 6.11. The standard InChI is InChI=1S/C20H22O2/c1-5-6-7-14-10-16(21)19-17(11-14)22-20-13(4)8-9-15(12(2)3)18(19)20/h8-11,21H,2,5-7H2,1,3-4H3. The summed E-state index contributed by atoms with van der Waals surface area (Å²) >= 11 is 0. The molecule has 2 nitrogen and oxygen atoms in total. The monoisotopic (exact) mass is 294 g/mol. The van der Waals surface area contributed by atoms with Crippen molar-refractivity contribution in [1.29, 1.82) is 0 Å². The average molecular weight is 294 g/mol. The molecule has 0 unspecified atom stereocenters. The van der Waals surface area contributed by atoms with Gasteiger partial charge in [0.25, 0.3) is 0 Å². The van der Waals surface area contributed by atoms with Crippen LogP contribution in [-0.4, -0.2) is 5.11 Å². The van der Waals surface area contributed by atoms with Crippen LogP contribution in [0.1, 0.15) is 43.4 Å². The summed E-state index contributed by atoms with van der Waals surface area (Å²) in [4.78, 5) is 0. The minimum atomic E-state index is 0.301. The SMILES string of the molecule is C=C(C)c1ccc(C)c2oc3cc(CCCC)cc(O)c3c12. The number of allylic oxidation sites excluding steroid dienone is 1. The lowest BCUT2D eigenvalue weighted by Gasteiger charge is -2.05. The summed E-state index contributed by atoms with van der Waals surface area (Å²) < 4.78 is 6.07. The van der Waals surface area contributed by atoms with Gasteiger partial charge in [0.2, 0.25) is 0 Å². The third kappa shape index (κ3) is 2.29. The Labute approximate surface area is 131 Å². The van der Waals surface area contributed by atoms with Gasteiger partial charge in [-0.05, 0) is 55.5 Å². The molecular weight excluding hydrogens is 272 g/mol. The van der Waals surface area contributed by atoms with E-state index in [1.165, 1.54) is 0 Å². The van der Waals surface area contributed by atoms with Crippen molar-refractivity contribution in [3.8, 4) is 5.75 Å². The summed E-state index contributed by atoms with van der Waals surface area (Å²) in [5.74, 6) is 0.301. The van der Waals surface area contributed by atoms with Crippen LogP contribution in [0.5, 0.6) is 5.75 Å². The molecule has 0 radical (unpaired) electrons. The van der Waals surface area contributed by atoms with Gasteiger partial charge in [0, 0.05) is 5.39 Å². The Balaban J connectivity index is 2.35. The number of unbranched alkanes of at least 4 members (excludes halogenated alkanes) is 1. The smallest absolute Gasteiger partial charge is 0.139 e. The van der Waals surface area contributed by atoms with Crippen LogP contribution in [0.3, 0.4) is 0 Å². The summed E-state index contributed by atoms with van der Waals surface area (Å²) in [6.45, 7) is 10.2. The molecule has 0 saturated carbocycles. The molecule has 2 heteroatoms. The predicted octanol–water partition coefficient (Wildman–Crippen LogP) is 5.98. The summed E-state index contributed by atoms with van der Waals surface area (Å²) in [5.41, 5.74) is 5.82. The predicted molar refractivity (Wildman–Crippen MR) is 93.4 cm³/mol. The second-order valence-corrected chi connectivity index (χ2v) is 6.11. The van der Waals surface area contributed by atoms with Gasteiger partial charge in [0.1, 0.15) is 16.9 Å². The van der Waals surface area contributed by atoms with Gasteiger partial charge in [0.15, 0.2) is 0 Å². The maximum absolute atomic E-state index is 10.5. The second kappa shape index (κ2) is 5.53. The first-order valence-corrected chi connectivity index (χ1v) is 7.86. The van der Waals surface area contributed by atoms with Crippen molar-refractivity contribution in [3.05, 3.63) is 47.5 Å². The topological polar surface area (TPSA) is 33.4 Å². The van der Waals surface area contributed by atoms with Gasteiger partial charge in [-0.25, -0.2) is 0 Å². The molecule has 1 N–H and O–H groups in total. The number of phenols is 1. The van der Waals surface area contributed by atoms with Crippen molar-refractivity contribution in [1.82, 2.24) is 0 Å². The highest BCUT2D eigenvalue weighted by molar-refractivity contribution is 6.13. The Kier molecular flexibility index (Phi) is 3.69. The lowest BCUT2D eigenvalue weighted by Crippen LogP contribution is -1.85. The summed E-state index contributed by atoms with van der Waals surface area (Å²) in [6.07, 6.45) is 3.21. The molecule has 1 aromatic heterocycles. The molecule has 0 aliphatic carbocycles. The fourth-order valence-electron chi connectivity index (χ4n) is 3.05. The number of phenolic OH excluding ortho intramolecular Hbond substituents is 1. The quantitative estimate of drug-likeness (QED) is 0.642. The Morgan fingerprint density at radius 3 is 2.68 bits per heavy atom. The largest absolute Gasteiger partial charge is 0.507 e. The fraction of sp³-hybridized carbons (Fsp3) is 0.300. The van der Waals surface area contributed by atoms with Gasteiger partial charge in [0.05, 0.1) is 5.39 Å².